The average Bonchev–Trinajstić information content (AvgIpc) is 2.37. The van der Waals surface area contributed by atoms with Gasteiger partial charge in [-0.1, -0.05) is 30.3 Å². The molecule has 0 aromatic heterocycles. The molecule has 0 radical (unpaired) electrons. The van der Waals surface area contributed by atoms with Gasteiger partial charge in [-0.3, -0.25) is 4.90 Å². The summed E-state index contributed by atoms with van der Waals surface area (Å²) in [5.41, 5.74) is 2.05. The van der Waals surface area contributed by atoms with Crippen molar-refractivity contribution in [3.05, 3.63) is 35.9 Å². The van der Waals surface area contributed by atoms with Gasteiger partial charge in [0, 0.05) is 31.1 Å². The molecule has 1 spiro atoms. The van der Waals surface area contributed by atoms with E-state index in [-0.39, 0.29) is 0 Å². The fraction of sp³-hybridized carbons (Fsp3) is 0.600. The van der Waals surface area contributed by atoms with Crippen LogP contribution in [0.4, 0.5) is 0 Å². The molecular weight excluding hydrogens is 208 g/mol. The van der Waals surface area contributed by atoms with Gasteiger partial charge in [0.2, 0.25) is 0 Å². The molecule has 3 rings (SSSR count). The maximum absolute atomic E-state index is 3.55. The maximum atomic E-state index is 3.55. The third-order valence-electron chi connectivity index (χ3n) is 4.47. The van der Waals surface area contributed by atoms with Crippen LogP contribution in [0, 0.1) is 5.41 Å². The topological polar surface area (TPSA) is 15.3 Å². The van der Waals surface area contributed by atoms with Gasteiger partial charge < -0.3 is 5.32 Å². The zero-order chi connectivity index (χ0) is 11.7. The van der Waals surface area contributed by atoms with Gasteiger partial charge in [0.15, 0.2) is 0 Å². The van der Waals surface area contributed by atoms with E-state index in [1.54, 1.807) is 0 Å². The summed E-state index contributed by atoms with van der Waals surface area (Å²) >= 11 is 0. The van der Waals surface area contributed by atoms with Crippen molar-refractivity contribution in [3.63, 3.8) is 0 Å². The fourth-order valence-corrected chi connectivity index (χ4v) is 3.33. The average molecular weight is 230 g/mol. The largest absolute Gasteiger partial charge is 0.316 e. The molecular formula is C15H22N2. The first-order chi connectivity index (χ1) is 8.29. The zero-order valence-electron chi connectivity index (χ0n) is 10.7. The van der Waals surface area contributed by atoms with Crippen molar-refractivity contribution < 1.29 is 0 Å². The molecule has 0 amide bonds. The normalized spacial score (nSPS) is 25.5. The van der Waals surface area contributed by atoms with Crippen LogP contribution in [0.25, 0.3) is 0 Å². The van der Waals surface area contributed by atoms with Crippen LogP contribution in [0.3, 0.4) is 0 Å². The van der Waals surface area contributed by atoms with Crippen LogP contribution >= 0.6 is 0 Å². The highest BCUT2D eigenvalue weighted by Gasteiger charge is 2.44. The van der Waals surface area contributed by atoms with Gasteiger partial charge in [-0.05, 0) is 31.9 Å². The van der Waals surface area contributed by atoms with Gasteiger partial charge >= 0.3 is 0 Å². The molecule has 92 valence electrons. The lowest BCUT2D eigenvalue weighted by atomic mass is 9.73. The van der Waals surface area contributed by atoms with Crippen molar-refractivity contribution in [2.24, 2.45) is 5.41 Å². The number of benzene rings is 1. The molecule has 2 heteroatoms. The lowest BCUT2D eigenvalue weighted by Gasteiger charge is -2.54. The summed E-state index contributed by atoms with van der Waals surface area (Å²) in [5, 5.41) is 3.55. The fourth-order valence-electron chi connectivity index (χ4n) is 3.33. The Kier molecular flexibility index (Phi) is 2.93. The van der Waals surface area contributed by atoms with Crippen LogP contribution in [0.1, 0.15) is 31.4 Å². The van der Waals surface area contributed by atoms with Crippen LogP contribution in [-0.2, 0) is 0 Å². The van der Waals surface area contributed by atoms with Crippen molar-refractivity contribution >= 4 is 0 Å². The highest BCUT2D eigenvalue weighted by Crippen LogP contribution is 2.40. The quantitative estimate of drug-likeness (QED) is 0.839. The molecule has 0 bridgehead atoms. The lowest BCUT2D eigenvalue weighted by molar-refractivity contribution is -0.0423. The molecule has 0 saturated carbocycles. The Balaban J connectivity index is 1.61. The SMILES string of the molecule is CC(c1ccccc1)N1CC2(CCCNC2)C1. The minimum atomic E-state index is 0.573. The molecule has 17 heavy (non-hydrogen) atoms. The Morgan fingerprint density at radius 2 is 2.00 bits per heavy atom. The highest BCUT2D eigenvalue weighted by atomic mass is 15.2. The monoisotopic (exact) mass is 230 g/mol. The van der Waals surface area contributed by atoms with E-state index >= 15 is 0 Å². The molecule has 2 heterocycles. The van der Waals surface area contributed by atoms with E-state index in [9.17, 15) is 0 Å². The summed E-state index contributed by atoms with van der Waals surface area (Å²) in [7, 11) is 0. The Morgan fingerprint density at radius 1 is 1.24 bits per heavy atom. The molecule has 2 fully saturated rings. The lowest BCUT2D eigenvalue weighted by Crippen LogP contribution is -2.62. The van der Waals surface area contributed by atoms with Crippen LogP contribution < -0.4 is 5.32 Å². The third kappa shape index (κ3) is 2.12. The predicted molar refractivity (Wildman–Crippen MR) is 71.0 cm³/mol. The highest BCUT2D eigenvalue weighted by molar-refractivity contribution is 5.19. The van der Waals surface area contributed by atoms with Gasteiger partial charge in [0.05, 0.1) is 0 Å². The van der Waals surface area contributed by atoms with Crippen LogP contribution in [0.5, 0.6) is 0 Å². The first kappa shape index (κ1) is 11.2. The molecule has 1 N–H and O–H groups in total. The van der Waals surface area contributed by atoms with E-state index < -0.39 is 0 Å². The van der Waals surface area contributed by atoms with Gasteiger partial charge in [-0.2, -0.15) is 0 Å². The van der Waals surface area contributed by atoms with Crippen molar-refractivity contribution in [2.75, 3.05) is 26.2 Å². The Morgan fingerprint density at radius 3 is 2.65 bits per heavy atom. The minimum Gasteiger partial charge on any atom is -0.316 e. The number of nitrogens with zero attached hydrogens (tertiary/aromatic N) is 1. The van der Waals surface area contributed by atoms with E-state index in [4.69, 9.17) is 0 Å². The number of likely N-dealkylation sites (tertiary alicyclic amines) is 1. The van der Waals surface area contributed by atoms with Gasteiger partial charge in [-0.15, -0.1) is 0 Å². The first-order valence-corrected chi connectivity index (χ1v) is 6.79. The van der Waals surface area contributed by atoms with Crippen molar-refractivity contribution in [1.82, 2.24) is 10.2 Å². The summed E-state index contributed by atoms with van der Waals surface area (Å²) in [5.74, 6) is 0. The summed E-state index contributed by atoms with van der Waals surface area (Å²) in [6, 6.07) is 11.4. The second kappa shape index (κ2) is 4.43. The standard InChI is InChI=1S/C15H22N2/c1-13(14-6-3-2-4-7-14)17-11-15(12-17)8-5-9-16-10-15/h2-4,6-7,13,16H,5,8-12H2,1H3. The Hall–Kier alpha value is -0.860. The molecule has 1 atom stereocenters. The molecule has 2 aliphatic heterocycles. The number of piperidine rings is 1. The van der Waals surface area contributed by atoms with Crippen LogP contribution in [0.15, 0.2) is 30.3 Å². The van der Waals surface area contributed by atoms with E-state index in [1.807, 2.05) is 0 Å². The number of hydrogen-bond acceptors (Lipinski definition) is 2. The van der Waals surface area contributed by atoms with Crippen LogP contribution in [0.2, 0.25) is 0 Å². The number of rotatable bonds is 2. The summed E-state index contributed by atoms with van der Waals surface area (Å²) in [6.45, 7) is 7.32. The van der Waals surface area contributed by atoms with Crippen molar-refractivity contribution in [2.45, 2.75) is 25.8 Å². The summed E-state index contributed by atoms with van der Waals surface area (Å²) in [4.78, 5) is 2.61. The van der Waals surface area contributed by atoms with Gasteiger partial charge in [0.1, 0.15) is 0 Å². The summed E-state index contributed by atoms with van der Waals surface area (Å²) < 4.78 is 0. The number of hydrogen-bond donors (Lipinski definition) is 1. The Bertz CT molecular complexity index is 360. The molecule has 0 aliphatic carbocycles. The van der Waals surface area contributed by atoms with E-state index in [0.29, 0.717) is 11.5 Å². The second-order valence-electron chi connectivity index (χ2n) is 5.77. The molecule has 2 saturated heterocycles. The van der Waals surface area contributed by atoms with Gasteiger partial charge in [0.25, 0.3) is 0 Å². The molecule has 1 unspecified atom stereocenters. The van der Waals surface area contributed by atoms with Crippen LogP contribution in [-0.4, -0.2) is 31.1 Å². The number of nitrogens with one attached hydrogen (secondary N) is 1. The van der Waals surface area contributed by atoms with Crippen molar-refractivity contribution in [3.8, 4) is 0 Å². The smallest absolute Gasteiger partial charge is 0.0320 e. The zero-order valence-corrected chi connectivity index (χ0v) is 10.7. The first-order valence-electron chi connectivity index (χ1n) is 6.79. The molecule has 2 nitrogen and oxygen atoms in total. The van der Waals surface area contributed by atoms with E-state index in [0.717, 1.165) is 0 Å². The predicted octanol–water partition coefficient (Wildman–Crippen LogP) is 2.43. The maximum Gasteiger partial charge on any atom is 0.0320 e. The summed E-state index contributed by atoms with van der Waals surface area (Å²) in [6.07, 6.45) is 2.77. The van der Waals surface area contributed by atoms with Gasteiger partial charge in [-0.25, -0.2) is 0 Å². The van der Waals surface area contributed by atoms with E-state index in [2.05, 4.69) is 47.5 Å². The van der Waals surface area contributed by atoms with Crippen molar-refractivity contribution in [1.29, 1.82) is 0 Å². The Labute approximate surface area is 104 Å². The molecule has 1 aromatic rings. The second-order valence-corrected chi connectivity index (χ2v) is 5.77. The van der Waals surface area contributed by atoms with E-state index in [1.165, 1.54) is 44.6 Å². The molecule has 2 aliphatic rings. The third-order valence-corrected chi connectivity index (χ3v) is 4.47. The minimum absolute atomic E-state index is 0.573. The molecule has 1 aromatic carbocycles.